The van der Waals surface area contributed by atoms with Gasteiger partial charge in [0.25, 0.3) is 0 Å². The largest absolute Gasteiger partial charge is 0.426 e. The molecule has 0 aliphatic heterocycles. The van der Waals surface area contributed by atoms with Crippen LogP contribution in [-0.4, -0.2) is 11.8 Å². The van der Waals surface area contributed by atoms with E-state index in [1.165, 1.54) is 0 Å². The molecule has 0 unspecified atom stereocenters. The quantitative estimate of drug-likeness (QED) is 0.364. The van der Waals surface area contributed by atoms with Crippen LogP contribution < -0.4 is 4.74 Å². The number of ketones is 1. The van der Waals surface area contributed by atoms with E-state index >= 15 is 0 Å². The Morgan fingerprint density at radius 2 is 1.82 bits per heavy atom. The molecule has 0 amide bonds. The molecule has 6 heteroatoms. The third-order valence-electron chi connectivity index (χ3n) is 1.63. The highest BCUT2D eigenvalue weighted by atomic mass is 79.9. The summed E-state index contributed by atoms with van der Waals surface area (Å²) in [4.78, 5) is 22.5. The summed E-state index contributed by atoms with van der Waals surface area (Å²) < 4.78 is 5.60. The highest BCUT2D eigenvalue weighted by molar-refractivity contribution is 9.10. The molecule has 0 radical (unpaired) electrons. The van der Waals surface area contributed by atoms with Crippen LogP contribution in [0.4, 0.5) is 0 Å². The highest BCUT2D eigenvalue weighted by Crippen LogP contribution is 2.16. The molecule has 1 rings (SSSR count). The van der Waals surface area contributed by atoms with Crippen molar-refractivity contribution in [2.45, 2.75) is 6.42 Å². The fraction of sp³-hybridized carbons (Fsp3) is 0.0909. The number of halogens is 3. The molecule has 0 aromatic heterocycles. The lowest BCUT2D eigenvalue weighted by molar-refractivity contribution is -0.136. The fourth-order valence-corrected chi connectivity index (χ4v) is 1.49. The van der Waals surface area contributed by atoms with Gasteiger partial charge in [-0.2, -0.15) is 0 Å². The summed E-state index contributed by atoms with van der Waals surface area (Å²) in [6, 6.07) is 6.66. The molecule has 0 aliphatic carbocycles. The first kappa shape index (κ1) is 14.2. The standard InChI is InChI=1S/C11H7BrCl2O3/c12-7-1-3-9(4-2-7)17-11(16)6-8(15)5-10(13)14/h1-5H,6H2. The van der Waals surface area contributed by atoms with Crippen molar-refractivity contribution in [2.24, 2.45) is 0 Å². The second-order valence-electron chi connectivity index (χ2n) is 3.01. The monoisotopic (exact) mass is 336 g/mol. The summed E-state index contributed by atoms with van der Waals surface area (Å²) in [5.74, 6) is -0.804. The third kappa shape index (κ3) is 5.86. The van der Waals surface area contributed by atoms with Crippen LogP contribution in [0.1, 0.15) is 6.42 Å². The minimum absolute atomic E-state index is 0.188. The smallest absolute Gasteiger partial charge is 0.319 e. The molecule has 0 heterocycles. The zero-order valence-corrected chi connectivity index (χ0v) is 11.6. The van der Waals surface area contributed by atoms with Gasteiger partial charge >= 0.3 is 5.97 Å². The Hall–Kier alpha value is -0.840. The molecule has 17 heavy (non-hydrogen) atoms. The van der Waals surface area contributed by atoms with Gasteiger partial charge in [0.15, 0.2) is 5.78 Å². The first-order valence-electron chi connectivity index (χ1n) is 4.49. The predicted molar refractivity (Wildman–Crippen MR) is 69.2 cm³/mol. The molecular formula is C11H7BrCl2O3. The Balaban J connectivity index is 2.53. The van der Waals surface area contributed by atoms with Gasteiger partial charge in [0.1, 0.15) is 16.7 Å². The lowest BCUT2D eigenvalue weighted by Gasteiger charge is -2.02. The number of hydrogen-bond acceptors (Lipinski definition) is 3. The molecule has 0 N–H and O–H groups in total. The van der Waals surface area contributed by atoms with Gasteiger partial charge in [-0.3, -0.25) is 9.59 Å². The zero-order chi connectivity index (χ0) is 12.8. The zero-order valence-electron chi connectivity index (χ0n) is 8.45. The van der Waals surface area contributed by atoms with Crippen molar-refractivity contribution in [3.8, 4) is 5.75 Å². The molecule has 1 aromatic rings. The molecule has 90 valence electrons. The Kier molecular flexibility index (Phi) is 5.68. The molecule has 0 atom stereocenters. The Morgan fingerprint density at radius 1 is 1.24 bits per heavy atom. The topological polar surface area (TPSA) is 43.4 Å². The summed E-state index contributed by atoms with van der Waals surface area (Å²) in [6.07, 6.45) is 0.560. The van der Waals surface area contributed by atoms with E-state index in [0.29, 0.717) is 5.75 Å². The normalized spacial score (nSPS) is 9.59. The summed E-state index contributed by atoms with van der Waals surface area (Å²) in [7, 11) is 0. The second-order valence-corrected chi connectivity index (χ2v) is 4.93. The van der Waals surface area contributed by atoms with Gasteiger partial charge in [0.2, 0.25) is 0 Å². The number of carbonyl (C=O) groups is 2. The summed E-state index contributed by atoms with van der Waals surface area (Å²) in [6.45, 7) is 0. The van der Waals surface area contributed by atoms with Crippen molar-refractivity contribution in [1.29, 1.82) is 0 Å². The molecule has 0 saturated heterocycles. The predicted octanol–water partition coefficient (Wildman–Crippen LogP) is 3.63. The first-order valence-corrected chi connectivity index (χ1v) is 6.04. The van der Waals surface area contributed by atoms with Crippen LogP contribution in [0.25, 0.3) is 0 Å². The third-order valence-corrected chi connectivity index (χ3v) is 2.38. The lowest BCUT2D eigenvalue weighted by Crippen LogP contribution is -2.12. The minimum Gasteiger partial charge on any atom is -0.426 e. The Bertz CT molecular complexity index is 450. The molecule has 0 aliphatic rings. The number of benzene rings is 1. The summed E-state index contributed by atoms with van der Waals surface area (Å²) >= 11 is 13.8. The molecule has 3 nitrogen and oxygen atoms in total. The van der Waals surface area contributed by atoms with Crippen molar-refractivity contribution >= 4 is 50.9 Å². The molecule has 0 spiro atoms. The Morgan fingerprint density at radius 3 is 2.35 bits per heavy atom. The minimum atomic E-state index is -0.664. The number of ether oxygens (including phenoxy) is 1. The maximum atomic E-state index is 11.3. The van der Waals surface area contributed by atoms with Crippen molar-refractivity contribution in [2.75, 3.05) is 0 Å². The van der Waals surface area contributed by atoms with Crippen LogP contribution >= 0.6 is 39.1 Å². The van der Waals surface area contributed by atoms with Crippen molar-refractivity contribution < 1.29 is 14.3 Å². The average molecular weight is 338 g/mol. The summed E-state index contributed by atoms with van der Waals surface area (Å²) in [5.41, 5.74) is 0. The van der Waals surface area contributed by atoms with Crippen LogP contribution in [-0.2, 0) is 9.59 Å². The SMILES string of the molecule is O=C(C=C(Cl)Cl)CC(=O)Oc1ccc(Br)cc1. The van der Waals surface area contributed by atoms with E-state index in [0.717, 1.165) is 10.5 Å². The molecule has 1 aromatic carbocycles. The van der Waals surface area contributed by atoms with E-state index in [4.69, 9.17) is 27.9 Å². The lowest BCUT2D eigenvalue weighted by atomic mass is 10.3. The molecule has 0 saturated carbocycles. The van der Waals surface area contributed by atoms with E-state index in [1.807, 2.05) is 0 Å². The number of esters is 1. The van der Waals surface area contributed by atoms with Crippen LogP contribution in [0.5, 0.6) is 5.75 Å². The van der Waals surface area contributed by atoms with E-state index < -0.39 is 18.2 Å². The van der Waals surface area contributed by atoms with Gasteiger partial charge in [0.05, 0.1) is 0 Å². The van der Waals surface area contributed by atoms with E-state index in [9.17, 15) is 9.59 Å². The average Bonchev–Trinajstić information content (AvgIpc) is 2.19. The van der Waals surface area contributed by atoms with Crippen molar-refractivity contribution in [3.05, 3.63) is 39.3 Å². The van der Waals surface area contributed by atoms with Gasteiger partial charge < -0.3 is 4.74 Å². The van der Waals surface area contributed by atoms with Gasteiger partial charge in [-0.05, 0) is 24.3 Å². The maximum Gasteiger partial charge on any atom is 0.319 e. The van der Waals surface area contributed by atoms with Gasteiger partial charge in [-0.15, -0.1) is 0 Å². The fourth-order valence-electron chi connectivity index (χ4n) is 0.985. The van der Waals surface area contributed by atoms with E-state index in [2.05, 4.69) is 15.9 Å². The molecule has 0 fully saturated rings. The van der Waals surface area contributed by atoms with Crippen molar-refractivity contribution in [1.82, 2.24) is 0 Å². The van der Waals surface area contributed by atoms with Crippen LogP contribution in [0.15, 0.2) is 39.3 Å². The van der Waals surface area contributed by atoms with Crippen LogP contribution in [0.2, 0.25) is 0 Å². The van der Waals surface area contributed by atoms with Crippen LogP contribution in [0.3, 0.4) is 0 Å². The second kappa shape index (κ2) is 6.79. The summed E-state index contributed by atoms with van der Waals surface area (Å²) in [5, 5.41) is 0. The number of carbonyl (C=O) groups excluding carboxylic acids is 2. The van der Waals surface area contributed by atoms with E-state index in [-0.39, 0.29) is 4.49 Å². The van der Waals surface area contributed by atoms with Gasteiger partial charge in [-0.25, -0.2) is 0 Å². The number of rotatable bonds is 4. The Labute approximate surface area is 116 Å². The highest BCUT2D eigenvalue weighted by Gasteiger charge is 2.10. The molecular weight excluding hydrogens is 331 g/mol. The van der Waals surface area contributed by atoms with Gasteiger partial charge in [-0.1, -0.05) is 39.1 Å². The maximum absolute atomic E-state index is 11.3. The van der Waals surface area contributed by atoms with Gasteiger partial charge in [0, 0.05) is 10.5 Å². The number of allylic oxidation sites excluding steroid dienone is 1. The number of hydrogen-bond donors (Lipinski definition) is 0. The first-order chi connectivity index (χ1) is 7.97. The van der Waals surface area contributed by atoms with E-state index in [1.54, 1.807) is 24.3 Å². The molecule has 0 bridgehead atoms. The van der Waals surface area contributed by atoms with Crippen LogP contribution in [0, 0.1) is 0 Å². The van der Waals surface area contributed by atoms with Crippen molar-refractivity contribution in [3.63, 3.8) is 0 Å².